The molecule has 0 spiro atoms. The first kappa shape index (κ1) is 34.6. The number of anilines is 1. The van der Waals surface area contributed by atoms with Gasteiger partial charge in [0.15, 0.2) is 0 Å². The van der Waals surface area contributed by atoms with Gasteiger partial charge >= 0.3 is 5.97 Å². The summed E-state index contributed by atoms with van der Waals surface area (Å²) in [6.45, 7) is 14.0. The average Bonchev–Trinajstić information content (AvgIpc) is 3.03. The van der Waals surface area contributed by atoms with E-state index in [1.807, 2.05) is 68.4 Å². The lowest BCUT2D eigenvalue weighted by Gasteiger charge is -2.22. The molecule has 0 fully saturated rings. The van der Waals surface area contributed by atoms with Crippen molar-refractivity contribution in [2.45, 2.75) is 72.6 Å². The number of rotatable bonds is 19. The van der Waals surface area contributed by atoms with Crippen LogP contribution in [0, 0.1) is 0 Å². The molecule has 0 bridgehead atoms. The molecule has 3 aromatic rings. The largest absolute Gasteiger partial charge is 0.491 e. The van der Waals surface area contributed by atoms with E-state index in [-0.39, 0.29) is 11.9 Å². The van der Waals surface area contributed by atoms with E-state index in [0.717, 1.165) is 42.8 Å². The van der Waals surface area contributed by atoms with Gasteiger partial charge in [-0.15, -0.1) is 0 Å². The van der Waals surface area contributed by atoms with Gasteiger partial charge in [0.2, 0.25) is 5.91 Å². The van der Waals surface area contributed by atoms with Crippen LogP contribution in [0.1, 0.15) is 68.9 Å². The minimum Gasteiger partial charge on any atom is -0.491 e. The van der Waals surface area contributed by atoms with Crippen LogP contribution >= 0.6 is 0 Å². The Hall–Kier alpha value is -3.88. The van der Waals surface area contributed by atoms with Crippen LogP contribution in [0.5, 0.6) is 11.5 Å². The van der Waals surface area contributed by atoms with Crippen LogP contribution in [0.3, 0.4) is 0 Å². The number of nitrogens with zero attached hydrogens (tertiary/aromatic N) is 1. The van der Waals surface area contributed by atoms with Crippen LogP contribution in [0.15, 0.2) is 72.8 Å². The Bertz CT molecular complexity index is 1280. The number of esters is 1. The lowest BCUT2D eigenvalue weighted by Crippen LogP contribution is -2.45. The molecule has 1 atom stereocenters. The molecule has 0 heterocycles. The Morgan fingerprint density at radius 1 is 0.841 bits per heavy atom. The van der Waals surface area contributed by atoms with Gasteiger partial charge in [0.25, 0.3) is 0 Å². The van der Waals surface area contributed by atoms with Crippen molar-refractivity contribution >= 4 is 17.6 Å². The molecule has 0 aliphatic carbocycles. The number of hydrogen-bond acceptors (Lipinski definition) is 7. The molecule has 1 amide bonds. The summed E-state index contributed by atoms with van der Waals surface area (Å²) in [6, 6.07) is 22.5. The van der Waals surface area contributed by atoms with Gasteiger partial charge in [-0.2, -0.15) is 0 Å². The first-order valence-electron chi connectivity index (χ1n) is 15.8. The fourth-order valence-corrected chi connectivity index (χ4v) is 4.64. The Labute approximate surface area is 263 Å². The highest BCUT2D eigenvalue weighted by atomic mass is 16.5. The number of likely N-dealkylation sites (N-methyl/N-ethyl adjacent to an activating group) is 1. The molecule has 0 saturated heterocycles. The van der Waals surface area contributed by atoms with Gasteiger partial charge < -0.3 is 29.7 Å². The van der Waals surface area contributed by atoms with Crippen molar-refractivity contribution in [2.24, 2.45) is 0 Å². The third-order valence-electron chi connectivity index (χ3n) is 7.23. The molecule has 8 heteroatoms. The maximum Gasteiger partial charge on any atom is 0.338 e. The van der Waals surface area contributed by atoms with Gasteiger partial charge in [0.1, 0.15) is 24.7 Å². The van der Waals surface area contributed by atoms with Crippen molar-refractivity contribution in [3.05, 3.63) is 89.5 Å². The molecular formula is C36H49N3O5. The minimum atomic E-state index is -0.487. The fraction of sp³-hybridized carbons (Fsp3) is 0.444. The second kappa shape index (κ2) is 18.7. The second-order valence-corrected chi connectivity index (χ2v) is 11.1. The Morgan fingerprint density at radius 3 is 2.23 bits per heavy atom. The monoisotopic (exact) mass is 603 g/mol. The lowest BCUT2D eigenvalue weighted by molar-refractivity contribution is -0.118. The summed E-state index contributed by atoms with van der Waals surface area (Å²) < 4.78 is 17.5. The third kappa shape index (κ3) is 11.7. The zero-order valence-corrected chi connectivity index (χ0v) is 26.9. The predicted molar refractivity (Wildman–Crippen MR) is 177 cm³/mol. The molecular weight excluding hydrogens is 554 g/mol. The average molecular weight is 604 g/mol. The standard InChI is InChI=1S/C36H49N3O5/c1-6-9-22-42-34-25-30(36(41)43-23-21-39(7-2)8-3)17-20-32(34)38-35(40)33(37-27(4)5)24-28-15-18-31(19-16-28)44-26-29-13-11-10-12-14-29/h10-20,25,27,33,37H,6-9,21-24,26H2,1-5H3,(H,38,40)/t33-/m1/s1. The van der Waals surface area contributed by atoms with Crippen LogP contribution in [0.2, 0.25) is 0 Å². The van der Waals surface area contributed by atoms with Gasteiger partial charge in [-0.05, 0) is 67.4 Å². The van der Waals surface area contributed by atoms with Crippen molar-refractivity contribution in [3.8, 4) is 11.5 Å². The molecule has 0 aliphatic heterocycles. The Kier molecular flexibility index (Phi) is 14.7. The first-order valence-corrected chi connectivity index (χ1v) is 15.8. The van der Waals surface area contributed by atoms with Crippen molar-refractivity contribution < 1.29 is 23.8 Å². The summed E-state index contributed by atoms with van der Waals surface area (Å²) >= 11 is 0. The summed E-state index contributed by atoms with van der Waals surface area (Å²) in [5.41, 5.74) is 3.02. The third-order valence-corrected chi connectivity index (χ3v) is 7.23. The van der Waals surface area contributed by atoms with Gasteiger partial charge in [-0.3, -0.25) is 4.79 Å². The Morgan fingerprint density at radius 2 is 1.57 bits per heavy atom. The van der Waals surface area contributed by atoms with Gasteiger partial charge in [0.05, 0.1) is 23.9 Å². The highest BCUT2D eigenvalue weighted by Crippen LogP contribution is 2.27. The number of ether oxygens (including phenoxy) is 3. The number of carbonyl (C=O) groups excluding carboxylic acids is 2. The maximum absolute atomic E-state index is 13.6. The molecule has 0 aliphatic rings. The highest BCUT2D eigenvalue weighted by Gasteiger charge is 2.22. The van der Waals surface area contributed by atoms with Crippen LogP contribution in [0.25, 0.3) is 0 Å². The summed E-state index contributed by atoms with van der Waals surface area (Å²) in [5.74, 6) is 0.632. The molecule has 2 N–H and O–H groups in total. The maximum atomic E-state index is 13.6. The quantitative estimate of drug-likeness (QED) is 0.120. The van der Waals surface area contributed by atoms with Crippen LogP contribution in [0.4, 0.5) is 5.69 Å². The van der Waals surface area contributed by atoms with E-state index in [1.165, 1.54) is 0 Å². The van der Waals surface area contributed by atoms with Crippen molar-refractivity contribution in [2.75, 3.05) is 38.2 Å². The van der Waals surface area contributed by atoms with Crippen molar-refractivity contribution in [1.82, 2.24) is 10.2 Å². The number of carbonyl (C=O) groups is 2. The van der Waals surface area contributed by atoms with Crippen LogP contribution < -0.4 is 20.1 Å². The number of benzene rings is 3. The number of amides is 1. The molecule has 44 heavy (non-hydrogen) atoms. The van der Waals surface area contributed by atoms with E-state index in [0.29, 0.717) is 49.8 Å². The minimum absolute atomic E-state index is 0.0907. The SMILES string of the molecule is CCCCOc1cc(C(=O)OCCN(CC)CC)ccc1NC(=O)[C@@H](Cc1ccc(OCc2ccccc2)cc1)NC(C)C. The zero-order valence-electron chi connectivity index (χ0n) is 26.9. The fourth-order valence-electron chi connectivity index (χ4n) is 4.64. The van der Waals surface area contributed by atoms with E-state index in [2.05, 4.69) is 36.3 Å². The smallest absolute Gasteiger partial charge is 0.338 e. The highest BCUT2D eigenvalue weighted by molar-refractivity contribution is 5.97. The van der Waals surface area contributed by atoms with Crippen molar-refractivity contribution in [3.63, 3.8) is 0 Å². The predicted octanol–water partition coefficient (Wildman–Crippen LogP) is 6.49. The molecule has 3 aromatic carbocycles. The van der Waals surface area contributed by atoms with E-state index in [1.54, 1.807) is 18.2 Å². The molecule has 8 nitrogen and oxygen atoms in total. The molecule has 238 valence electrons. The number of unbranched alkanes of at least 4 members (excludes halogenated alkanes) is 1. The Balaban J connectivity index is 1.68. The van der Waals surface area contributed by atoms with Crippen molar-refractivity contribution in [1.29, 1.82) is 0 Å². The zero-order chi connectivity index (χ0) is 31.7. The number of nitrogens with one attached hydrogen (secondary N) is 2. The molecule has 0 radical (unpaired) electrons. The molecule has 3 rings (SSSR count). The summed E-state index contributed by atoms with van der Waals surface area (Å²) in [5, 5.41) is 6.43. The topological polar surface area (TPSA) is 89.1 Å². The second-order valence-electron chi connectivity index (χ2n) is 11.1. The molecule has 0 aromatic heterocycles. The number of hydrogen-bond donors (Lipinski definition) is 2. The van der Waals surface area contributed by atoms with Crippen LogP contribution in [-0.4, -0.2) is 61.7 Å². The normalized spacial score (nSPS) is 11.8. The van der Waals surface area contributed by atoms with Crippen LogP contribution in [-0.2, 0) is 22.6 Å². The molecule has 0 unspecified atom stereocenters. The van der Waals surface area contributed by atoms with Gasteiger partial charge in [0, 0.05) is 12.6 Å². The van der Waals surface area contributed by atoms with E-state index in [9.17, 15) is 9.59 Å². The lowest BCUT2D eigenvalue weighted by atomic mass is 10.0. The van der Waals surface area contributed by atoms with E-state index < -0.39 is 12.0 Å². The summed E-state index contributed by atoms with van der Waals surface area (Å²) in [4.78, 5) is 28.6. The first-order chi connectivity index (χ1) is 21.3. The summed E-state index contributed by atoms with van der Waals surface area (Å²) in [6.07, 6.45) is 2.31. The molecule has 0 saturated carbocycles. The summed E-state index contributed by atoms with van der Waals surface area (Å²) in [7, 11) is 0. The van der Waals surface area contributed by atoms with E-state index >= 15 is 0 Å². The van der Waals surface area contributed by atoms with Gasteiger partial charge in [-0.25, -0.2) is 4.79 Å². The van der Waals surface area contributed by atoms with Gasteiger partial charge in [-0.1, -0.05) is 83.5 Å². The van der Waals surface area contributed by atoms with E-state index in [4.69, 9.17) is 14.2 Å².